The molecule has 1 fully saturated rings. The van der Waals surface area contributed by atoms with Gasteiger partial charge in [-0.1, -0.05) is 13.8 Å². The highest BCUT2D eigenvalue weighted by Crippen LogP contribution is 2.17. The van der Waals surface area contributed by atoms with Gasteiger partial charge in [-0.15, -0.1) is 0 Å². The van der Waals surface area contributed by atoms with E-state index in [4.69, 9.17) is 0 Å². The second-order valence-corrected chi connectivity index (χ2v) is 5.70. The van der Waals surface area contributed by atoms with Gasteiger partial charge in [0.15, 0.2) is 0 Å². The monoisotopic (exact) mass is 264 g/mol. The lowest BCUT2D eigenvalue weighted by Gasteiger charge is -2.30. The molecule has 0 bridgehead atoms. The Morgan fingerprint density at radius 1 is 1.47 bits per heavy atom. The van der Waals surface area contributed by atoms with E-state index in [2.05, 4.69) is 34.3 Å². The summed E-state index contributed by atoms with van der Waals surface area (Å²) in [6, 6.07) is 2.20. The van der Waals surface area contributed by atoms with Crippen LogP contribution in [-0.4, -0.2) is 46.7 Å². The lowest BCUT2D eigenvalue weighted by atomic mass is 10.0. The molecule has 106 valence electrons. The number of rotatable bonds is 5. The lowest BCUT2D eigenvalue weighted by molar-refractivity contribution is 0.0922. The number of H-pyrrole nitrogens is 1. The van der Waals surface area contributed by atoms with Crippen LogP contribution in [-0.2, 0) is 0 Å². The molecule has 5 nitrogen and oxygen atoms in total. The van der Waals surface area contributed by atoms with Crippen molar-refractivity contribution in [3.63, 3.8) is 0 Å². The van der Waals surface area contributed by atoms with Crippen LogP contribution in [0, 0.1) is 12.8 Å². The summed E-state index contributed by atoms with van der Waals surface area (Å²) in [7, 11) is 0. The standard InChI is InChI=1S/C14H24N4O/c1-10(2)13(18-6-4-5-7-18)9-15-14(19)12-8-11(3)16-17-12/h8,10,13H,4-7,9H2,1-3H3,(H,15,19)(H,16,17)/t13-/m1/s1. The van der Waals surface area contributed by atoms with Gasteiger partial charge in [0.05, 0.1) is 0 Å². The maximum atomic E-state index is 12.0. The highest BCUT2D eigenvalue weighted by atomic mass is 16.1. The summed E-state index contributed by atoms with van der Waals surface area (Å²) in [5.74, 6) is 0.452. The smallest absolute Gasteiger partial charge is 0.271 e. The third-order valence-electron chi connectivity index (χ3n) is 3.79. The topological polar surface area (TPSA) is 61.0 Å². The Labute approximate surface area is 114 Å². The molecule has 2 N–H and O–H groups in total. The van der Waals surface area contributed by atoms with Crippen molar-refractivity contribution in [1.29, 1.82) is 0 Å². The van der Waals surface area contributed by atoms with Crippen LogP contribution in [0.1, 0.15) is 42.9 Å². The molecule has 0 spiro atoms. The van der Waals surface area contributed by atoms with Gasteiger partial charge in [0.2, 0.25) is 0 Å². The second-order valence-electron chi connectivity index (χ2n) is 5.70. The van der Waals surface area contributed by atoms with E-state index < -0.39 is 0 Å². The molecule has 0 aromatic carbocycles. The third-order valence-corrected chi connectivity index (χ3v) is 3.79. The fraction of sp³-hybridized carbons (Fsp3) is 0.714. The van der Waals surface area contributed by atoms with E-state index in [1.165, 1.54) is 12.8 Å². The predicted octanol–water partition coefficient (Wildman–Crippen LogP) is 1.57. The molecule has 1 saturated heterocycles. The van der Waals surface area contributed by atoms with Crippen molar-refractivity contribution >= 4 is 5.91 Å². The van der Waals surface area contributed by atoms with Gasteiger partial charge < -0.3 is 5.32 Å². The van der Waals surface area contributed by atoms with E-state index in [0.29, 0.717) is 24.2 Å². The van der Waals surface area contributed by atoms with E-state index in [1.54, 1.807) is 6.07 Å². The van der Waals surface area contributed by atoms with Gasteiger partial charge in [0, 0.05) is 18.3 Å². The van der Waals surface area contributed by atoms with Gasteiger partial charge in [-0.2, -0.15) is 5.10 Å². The number of nitrogens with zero attached hydrogens (tertiary/aromatic N) is 2. The van der Waals surface area contributed by atoms with Crippen LogP contribution < -0.4 is 5.32 Å². The zero-order valence-corrected chi connectivity index (χ0v) is 12.1. The molecule has 0 saturated carbocycles. The molecular weight excluding hydrogens is 240 g/mol. The van der Waals surface area contributed by atoms with Crippen LogP contribution in [0.2, 0.25) is 0 Å². The molecule has 0 radical (unpaired) electrons. The molecule has 5 heteroatoms. The van der Waals surface area contributed by atoms with Crippen LogP contribution in [0.3, 0.4) is 0 Å². The predicted molar refractivity (Wildman–Crippen MR) is 75.1 cm³/mol. The summed E-state index contributed by atoms with van der Waals surface area (Å²) in [5.41, 5.74) is 1.38. The Balaban J connectivity index is 1.89. The number of likely N-dealkylation sites (tertiary alicyclic amines) is 1. The van der Waals surface area contributed by atoms with Crippen molar-refractivity contribution in [2.45, 2.75) is 39.7 Å². The second kappa shape index (κ2) is 6.19. The summed E-state index contributed by atoms with van der Waals surface area (Å²) in [4.78, 5) is 14.5. The molecule has 1 aliphatic heterocycles. The highest BCUT2D eigenvalue weighted by molar-refractivity contribution is 5.92. The number of amides is 1. The van der Waals surface area contributed by atoms with E-state index in [1.807, 2.05) is 6.92 Å². The first-order valence-corrected chi connectivity index (χ1v) is 7.12. The van der Waals surface area contributed by atoms with Crippen molar-refractivity contribution in [1.82, 2.24) is 20.4 Å². The maximum Gasteiger partial charge on any atom is 0.271 e. The van der Waals surface area contributed by atoms with Crippen molar-refractivity contribution < 1.29 is 4.79 Å². The first-order valence-electron chi connectivity index (χ1n) is 7.12. The van der Waals surface area contributed by atoms with Gasteiger partial charge in [0.25, 0.3) is 5.91 Å². The minimum Gasteiger partial charge on any atom is -0.349 e. The number of hydrogen-bond acceptors (Lipinski definition) is 3. The number of carbonyl (C=O) groups is 1. The van der Waals surface area contributed by atoms with Crippen molar-refractivity contribution in [2.24, 2.45) is 5.92 Å². The molecule has 19 heavy (non-hydrogen) atoms. The lowest BCUT2D eigenvalue weighted by Crippen LogP contribution is -2.45. The molecule has 1 aliphatic rings. The summed E-state index contributed by atoms with van der Waals surface area (Å²) < 4.78 is 0. The van der Waals surface area contributed by atoms with Crippen LogP contribution >= 0.6 is 0 Å². The Morgan fingerprint density at radius 2 is 2.16 bits per heavy atom. The molecule has 2 rings (SSSR count). The number of carbonyl (C=O) groups excluding carboxylic acids is 1. The fourth-order valence-corrected chi connectivity index (χ4v) is 2.68. The average Bonchev–Trinajstić information content (AvgIpc) is 3.00. The maximum absolute atomic E-state index is 12.0. The summed E-state index contributed by atoms with van der Waals surface area (Å²) in [6.07, 6.45) is 2.55. The number of aromatic nitrogens is 2. The number of nitrogens with one attached hydrogen (secondary N) is 2. The largest absolute Gasteiger partial charge is 0.349 e. The summed E-state index contributed by atoms with van der Waals surface area (Å²) >= 11 is 0. The van der Waals surface area contributed by atoms with E-state index in [9.17, 15) is 4.79 Å². The Morgan fingerprint density at radius 3 is 2.68 bits per heavy atom. The van der Waals surface area contributed by atoms with Crippen molar-refractivity contribution in [3.8, 4) is 0 Å². The Hall–Kier alpha value is -1.36. The Kier molecular flexibility index (Phi) is 4.58. The molecule has 2 heterocycles. The third kappa shape index (κ3) is 3.56. The van der Waals surface area contributed by atoms with Crippen LogP contribution in [0.15, 0.2) is 6.07 Å². The number of aromatic amines is 1. The molecule has 0 unspecified atom stereocenters. The van der Waals surface area contributed by atoms with Gasteiger partial charge in [0.1, 0.15) is 5.69 Å². The first-order chi connectivity index (χ1) is 9.08. The minimum atomic E-state index is -0.0887. The Bertz CT molecular complexity index is 421. The zero-order chi connectivity index (χ0) is 13.8. The summed E-state index contributed by atoms with van der Waals surface area (Å²) in [5, 5.41) is 9.79. The molecule has 1 atom stereocenters. The van der Waals surface area contributed by atoms with Gasteiger partial charge in [-0.05, 0) is 44.8 Å². The molecule has 0 aliphatic carbocycles. The minimum absolute atomic E-state index is 0.0887. The van der Waals surface area contributed by atoms with Gasteiger partial charge >= 0.3 is 0 Å². The van der Waals surface area contributed by atoms with Crippen molar-refractivity contribution in [3.05, 3.63) is 17.5 Å². The SMILES string of the molecule is Cc1cc(C(=O)NC[C@H](C(C)C)N2CCCC2)n[nH]1. The molecule has 1 aromatic heterocycles. The highest BCUT2D eigenvalue weighted by Gasteiger charge is 2.25. The van der Waals surface area contributed by atoms with Crippen LogP contribution in [0.25, 0.3) is 0 Å². The normalized spacial score (nSPS) is 17.9. The van der Waals surface area contributed by atoms with E-state index in [-0.39, 0.29) is 5.91 Å². The molecule has 1 aromatic rings. The van der Waals surface area contributed by atoms with Crippen LogP contribution in [0.5, 0.6) is 0 Å². The zero-order valence-electron chi connectivity index (χ0n) is 12.1. The number of aryl methyl sites for hydroxylation is 1. The van der Waals surface area contributed by atoms with E-state index >= 15 is 0 Å². The van der Waals surface area contributed by atoms with Crippen molar-refractivity contribution in [2.75, 3.05) is 19.6 Å². The first kappa shape index (κ1) is 14.1. The van der Waals surface area contributed by atoms with E-state index in [0.717, 1.165) is 18.8 Å². The molecular formula is C14H24N4O. The van der Waals surface area contributed by atoms with Crippen LogP contribution in [0.4, 0.5) is 0 Å². The molecule has 1 amide bonds. The average molecular weight is 264 g/mol. The van der Waals surface area contributed by atoms with Gasteiger partial charge in [-0.25, -0.2) is 0 Å². The number of hydrogen-bond donors (Lipinski definition) is 2. The fourth-order valence-electron chi connectivity index (χ4n) is 2.68. The van der Waals surface area contributed by atoms with Gasteiger partial charge in [-0.3, -0.25) is 14.8 Å². The summed E-state index contributed by atoms with van der Waals surface area (Å²) in [6.45, 7) is 9.33. The quantitative estimate of drug-likeness (QED) is 0.848.